The molecule has 0 spiro atoms. The molecule has 0 unspecified atom stereocenters. The lowest BCUT2D eigenvalue weighted by Gasteiger charge is -2.38. The number of anilines is 1. The Morgan fingerprint density at radius 1 is 1.23 bits per heavy atom. The lowest BCUT2D eigenvalue weighted by atomic mass is 10.1. The summed E-state index contributed by atoms with van der Waals surface area (Å²) in [5.41, 5.74) is 4.88. The molecule has 2 atom stereocenters. The molecule has 6 heterocycles. The first-order valence-electron chi connectivity index (χ1n) is 15.1. The molecular weight excluding hydrogens is 662 g/mol. The third kappa shape index (κ3) is 5.93. The predicted octanol–water partition coefficient (Wildman–Crippen LogP) is 1.73. The highest BCUT2D eigenvalue weighted by atomic mass is 32.2. The second-order valence-electron chi connectivity index (χ2n) is 11.1. The van der Waals surface area contributed by atoms with Crippen LogP contribution in [0.4, 0.5) is 32.2 Å². The fourth-order valence-corrected chi connectivity index (χ4v) is 7.23. The minimum atomic E-state index is -5.14. The minimum Gasteiger partial charge on any atom is -0.480 e. The SMILES string of the molecule is [2H]C([2H])([2H])Oc1ncc(-c2cc(CN3CC(F)(F)C3)c3c(N)ncnn23)cc1C(=O)N[C@@H]1CN(S(=O)(=O)c2cn(C)nc2C(F)(F)F)C[C@@H]1F. The topological polar surface area (TPSA) is 166 Å². The van der Waals surface area contributed by atoms with Crippen molar-refractivity contribution >= 4 is 27.3 Å². The van der Waals surface area contributed by atoms with Gasteiger partial charge in [0, 0.05) is 44.6 Å². The van der Waals surface area contributed by atoms with E-state index in [9.17, 15) is 35.2 Å². The quantitative estimate of drug-likeness (QED) is 0.260. The van der Waals surface area contributed by atoms with E-state index in [0.717, 1.165) is 25.6 Å². The maximum atomic E-state index is 15.2. The molecule has 2 fully saturated rings. The van der Waals surface area contributed by atoms with Crippen LogP contribution in [0, 0.1) is 0 Å². The summed E-state index contributed by atoms with van der Waals surface area (Å²) in [6.45, 7) is -2.68. The summed E-state index contributed by atoms with van der Waals surface area (Å²) in [5.74, 6) is -4.73. The van der Waals surface area contributed by atoms with E-state index in [1.807, 2.05) is 0 Å². The highest BCUT2D eigenvalue weighted by molar-refractivity contribution is 7.89. The molecule has 1 amide bonds. The second kappa shape index (κ2) is 11.3. The first kappa shape index (κ1) is 28.7. The van der Waals surface area contributed by atoms with Gasteiger partial charge < -0.3 is 15.8 Å². The number of fused-ring (bicyclic) bond motifs is 1. The van der Waals surface area contributed by atoms with E-state index in [0.29, 0.717) is 20.7 Å². The molecule has 47 heavy (non-hydrogen) atoms. The summed E-state index contributed by atoms with van der Waals surface area (Å²) in [7, 11) is -6.98. The number of pyridine rings is 1. The van der Waals surface area contributed by atoms with E-state index in [2.05, 4.69) is 25.5 Å². The summed E-state index contributed by atoms with van der Waals surface area (Å²) in [6.07, 6.45) is -4.37. The van der Waals surface area contributed by atoms with Crippen molar-refractivity contribution in [3.63, 3.8) is 0 Å². The number of amides is 1. The van der Waals surface area contributed by atoms with Crippen molar-refractivity contribution in [3.05, 3.63) is 47.7 Å². The average Bonchev–Trinajstić information content (AvgIpc) is 3.67. The fraction of sp³-hybridized carbons (Fsp3) is 0.423. The van der Waals surface area contributed by atoms with E-state index in [-0.39, 0.29) is 29.1 Å². The van der Waals surface area contributed by atoms with E-state index in [4.69, 9.17) is 14.6 Å². The zero-order chi connectivity index (χ0) is 36.6. The number of hydrogen-bond donors (Lipinski definition) is 2. The third-order valence-corrected chi connectivity index (χ3v) is 9.50. The van der Waals surface area contributed by atoms with Gasteiger partial charge in [-0.05, 0) is 17.7 Å². The smallest absolute Gasteiger partial charge is 0.436 e. The Labute approximate surface area is 266 Å². The summed E-state index contributed by atoms with van der Waals surface area (Å²) in [4.78, 5) is 21.8. The van der Waals surface area contributed by atoms with Crippen LogP contribution in [0.15, 0.2) is 35.7 Å². The van der Waals surface area contributed by atoms with Crippen LogP contribution in [-0.2, 0) is 29.8 Å². The van der Waals surface area contributed by atoms with E-state index in [1.54, 1.807) is 0 Å². The molecular formula is C26H26F6N10O4S. The molecule has 2 aliphatic rings. The van der Waals surface area contributed by atoms with Crippen LogP contribution in [-0.4, -0.2) is 104 Å². The van der Waals surface area contributed by atoms with Crippen LogP contribution < -0.4 is 15.8 Å². The van der Waals surface area contributed by atoms with Gasteiger partial charge >= 0.3 is 6.18 Å². The number of hydrogen-bond acceptors (Lipinski definition) is 10. The van der Waals surface area contributed by atoms with Gasteiger partial charge in [0.05, 0.1) is 36.0 Å². The predicted molar refractivity (Wildman–Crippen MR) is 151 cm³/mol. The van der Waals surface area contributed by atoms with Crippen LogP contribution in [0.5, 0.6) is 5.88 Å². The molecule has 0 radical (unpaired) electrons. The summed E-state index contributed by atoms with van der Waals surface area (Å²) in [6, 6.07) is 1.06. The van der Waals surface area contributed by atoms with Gasteiger partial charge in [0.25, 0.3) is 11.8 Å². The van der Waals surface area contributed by atoms with Crippen molar-refractivity contribution in [2.75, 3.05) is 39.0 Å². The number of aryl methyl sites for hydroxylation is 1. The number of methoxy groups -OCH3 is 1. The Kier molecular flexibility index (Phi) is 6.92. The number of nitrogens with one attached hydrogen (secondary N) is 1. The van der Waals surface area contributed by atoms with Crippen LogP contribution in [0.25, 0.3) is 16.8 Å². The van der Waals surface area contributed by atoms with Gasteiger partial charge in [0.2, 0.25) is 15.9 Å². The number of likely N-dealkylation sites (tertiary alicyclic amines) is 1. The second-order valence-corrected chi connectivity index (χ2v) is 13.0. The van der Waals surface area contributed by atoms with E-state index < -0.39 is 95.5 Å². The molecule has 2 saturated heterocycles. The van der Waals surface area contributed by atoms with Crippen molar-refractivity contribution in [1.82, 2.24) is 43.9 Å². The number of sulfonamides is 1. The molecule has 3 N–H and O–H groups in total. The standard InChI is InChI=1S/C26H26F6N10O4S/c1-39-9-19(21(38-39)26(30,31)32)47(44,45)41-7-16(27)17(8-41)37-23(43)15-3-13(5-34-24(15)46-2)18-4-14(6-40-10-25(28,29)11-40)20-22(33)35-12-36-42(18)20/h3-5,9,12,16-17H,6-8,10-11H2,1-2H3,(H,37,43)(H2,33,35,36)/t16-,17+/m0/s1/i2D3. The van der Waals surface area contributed by atoms with Gasteiger partial charge in [-0.3, -0.25) is 14.4 Å². The molecule has 0 bridgehead atoms. The van der Waals surface area contributed by atoms with Crippen LogP contribution in [0.3, 0.4) is 0 Å². The molecule has 2 aliphatic heterocycles. The molecule has 21 heteroatoms. The number of nitrogens with zero attached hydrogens (tertiary/aromatic N) is 8. The number of nitrogen functional groups attached to an aromatic ring is 1. The molecule has 14 nitrogen and oxygen atoms in total. The van der Waals surface area contributed by atoms with Gasteiger partial charge in [-0.1, -0.05) is 0 Å². The van der Waals surface area contributed by atoms with E-state index in [1.165, 1.54) is 15.5 Å². The highest BCUT2D eigenvalue weighted by Gasteiger charge is 2.47. The minimum absolute atomic E-state index is 0.00480. The maximum absolute atomic E-state index is 15.2. The average molecular weight is 692 g/mol. The monoisotopic (exact) mass is 691 g/mol. The van der Waals surface area contributed by atoms with E-state index >= 15 is 4.39 Å². The number of ether oxygens (including phenoxy) is 1. The molecule has 4 aromatic heterocycles. The number of nitrogens with two attached hydrogens (primary N) is 1. The number of alkyl halides is 6. The van der Waals surface area contributed by atoms with Crippen LogP contribution in [0.2, 0.25) is 0 Å². The van der Waals surface area contributed by atoms with Crippen molar-refractivity contribution < 1.29 is 48.4 Å². The van der Waals surface area contributed by atoms with Gasteiger partial charge in [-0.25, -0.2) is 36.1 Å². The van der Waals surface area contributed by atoms with Crippen molar-refractivity contribution in [3.8, 4) is 17.1 Å². The zero-order valence-electron chi connectivity index (χ0n) is 27.0. The Hall–Kier alpha value is -4.50. The first-order chi connectivity index (χ1) is 23.1. The van der Waals surface area contributed by atoms with Crippen LogP contribution >= 0.6 is 0 Å². The van der Waals surface area contributed by atoms with Crippen molar-refractivity contribution in [2.24, 2.45) is 7.05 Å². The molecule has 0 saturated carbocycles. The highest BCUT2D eigenvalue weighted by Crippen LogP contribution is 2.36. The zero-order valence-corrected chi connectivity index (χ0v) is 24.9. The fourth-order valence-electron chi connectivity index (χ4n) is 5.57. The summed E-state index contributed by atoms with van der Waals surface area (Å²) in [5, 5.41) is 9.60. The number of halogens is 6. The normalized spacial score (nSPS) is 21.6. The lowest BCUT2D eigenvalue weighted by molar-refractivity contribution is -0.143. The Bertz CT molecular complexity index is 2080. The Morgan fingerprint density at radius 2 is 1.98 bits per heavy atom. The Balaban J connectivity index is 1.31. The summed E-state index contributed by atoms with van der Waals surface area (Å²) < 4.78 is 139. The molecule has 6 rings (SSSR count). The van der Waals surface area contributed by atoms with Gasteiger partial charge in [-0.2, -0.15) is 27.7 Å². The molecule has 252 valence electrons. The lowest BCUT2D eigenvalue weighted by Crippen LogP contribution is -2.55. The number of carbonyl (C=O) groups is 1. The van der Waals surface area contributed by atoms with Gasteiger partial charge in [0.15, 0.2) is 11.5 Å². The molecule has 0 aromatic carbocycles. The molecule has 0 aliphatic carbocycles. The van der Waals surface area contributed by atoms with Crippen molar-refractivity contribution in [1.29, 1.82) is 0 Å². The number of aromatic nitrogens is 6. The first-order valence-corrected chi connectivity index (χ1v) is 15.0. The van der Waals surface area contributed by atoms with Gasteiger partial charge in [0.1, 0.15) is 28.5 Å². The largest absolute Gasteiger partial charge is 0.480 e. The third-order valence-electron chi connectivity index (χ3n) is 7.67. The van der Waals surface area contributed by atoms with Crippen LogP contribution in [0.1, 0.15) is 25.7 Å². The number of carbonyl (C=O) groups excluding carboxylic acids is 1. The molecule has 4 aromatic rings. The van der Waals surface area contributed by atoms with Gasteiger partial charge in [-0.15, -0.1) is 0 Å². The number of rotatable bonds is 8. The Morgan fingerprint density at radius 3 is 2.66 bits per heavy atom. The maximum Gasteiger partial charge on any atom is 0.436 e. The van der Waals surface area contributed by atoms with Crippen molar-refractivity contribution in [2.45, 2.75) is 35.8 Å². The summed E-state index contributed by atoms with van der Waals surface area (Å²) >= 11 is 0.